The number of carboxylic acids is 1. The largest absolute Gasteiger partial charge is 0.481 e. The Morgan fingerprint density at radius 2 is 2.25 bits per heavy atom. The van der Waals surface area contributed by atoms with E-state index in [9.17, 15) is 9.90 Å². The Morgan fingerprint density at radius 1 is 1.35 bits per heavy atom. The molecule has 3 rings (SSSR count). The highest BCUT2D eigenvalue weighted by atomic mass is 16.4. The van der Waals surface area contributed by atoms with E-state index in [0.717, 1.165) is 42.8 Å². The van der Waals surface area contributed by atoms with E-state index < -0.39 is 11.9 Å². The second-order valence-corrected chi connectivity index (χ2v) is 5.15. The molecule has 1 aliphatic heterocycles. The molecular formula is C15H17N3O2. The second kappa shape index (κ2) is 5.45. The van der Waals surface area contributed by atoms with Gasteiger partial charge in [-0.15, -0.1) is 0 Å². The van der Waals surface area contributed by atoms with Crippen molar-refractivity contribution in [2.45, 2.75) is 31.7 Å². The van der Waals surface area contributed by atoms with Gasteiger partial charge >= 0.3 is 5.97 Å². The molecule has 0 amide bonds. The summed E-state index contributed by atoms with van der Waals surface area (Å²) in [4.78, 5) is 20.0. The van der Waals surface area contributed by atoms with Crippen LogP contribution in [-0.4, -0.2) is 28.3 Å². The normalized spacial score (nSPS) is 25.2. The summed E-state index contributed by atoms with van der Waals surface area (Å²) in [5, 5.41) is 12.7. The molecule has 0 fully saturated rings. The first-order chi connectivity index (χ1) is 9.75. The number of hydrogen-bond donors (Lipinski definition) is 2. The molecular weight excluding hydrogens is 254 g/mol. The van der Waals surface area contributed by atoms with Gasteiger partial charge in [-0.3, -0.25) is 9.79 Å². The Bertz CT molecular complexity index is 566. The Kier molecular flexibility index (Phi) is 3.50. The van der Waals surface area contributed by atoms with Crippen LogP contribution in [0.2, 0.25) is 0 Å². The van der Waals surface area contributed by atoms with Crippen molar-refractivity contribution in [1.29, 1.82) is 0 Å². The molecule has 0 spiro atoms. The first kappa shape index (κ1) is 12.8. The van der Waals surface area contributed by atoms with Crippen LogP contribution in [0.3, 0.4) is 0 Å². The van der Waals surface area contributed by atoms with Gasteiger partial charge in [0.25, 0.3) is 0 Å². The molecule has 1 aromatic heterocycles. The summed E-state index contributed by atoms with van der Waals surface area (Å²) in [6.07, 6.45) is 7.21. The zero-order chi connectivity index (χ0) is 13.9. The van der Waals surface area contributed by atoms with Gasteiger partial charge in [-0.05, 0) is 37.0 Å². The van der Waals surface area contributed by atoms with Crippen LogP contribution >= 0.6 is 0 Å². The van der Waals surface area contributed by atoms with Crippen LogP contribution in [0.4, 0.5) is 5.82 Å². The predicted molar refractivity (Wildman–Crippen MR) is 76.8 cm³/mol. The minimum Gasteiger partial charge on any atom is -0.481 e. The Morgan fingerprint density at radius 3 is 3.00 bits per heavy atom. The fourth-order valence-electron chi connectivity index (χ4n) is 2.90. The number of aromatic nitrogens is 1. The lowest BCUT2D eigenvalue weighted by Gasteiger charge is -2.22. The summed E-state index contributed by atoms with van der Waals surface area (Å²) in [6.45, 7) is 0. The van der Waals surface area contributed by atoms with E-state index in [4.69, 9.17) is 0 Å². The van der Waals surface area contributed by atoms with Crippen LogP contribution in [0.25, 0.3) is 0 Å². The zero-order valence-corrected chi connectivity index (χ0v) is 11.1. The minimum atomic E-state index is -0.825. The summed E-state index contributed by atoms with van der Waals surface area (Å²) in [7, 11) is 0. The molecule has 1 aromatic rings. The molecule has 0 bridgehead atoms. The third-order valence-corrected chi connectivity index (χ3v) is 3.83. The molecule has 5 nitrogen and oxygen atoms in total. The van der Waals surface area contributed by atoms with Crippen LogP contribution in [0.15, 0.2) is 40.7 Å². The molecule has 0 radical (unpaired) electrons. The predicted octanol–water partition coefficient (Wildman–Crippen LogP) is 2.48. The molecule has 2 N–H and O–H groups in total. The van der Waals surface area contributed by atoms with Crippen molar-refractivity contribution < 1.29 is 9.90 Å². The van der Waals surface area contributed by atoms with Crippen LogP contribution in [-0.2, 0) is 4.79 Å². The lowest BCUT2D eigenvalue weighted by Crippen LogP contribution is -2.29. The van der Waals surface area contributed by atoms with E-state index in [1.54, 1.807) is 12.4 Å². The highest BCUT2D eigenvalue weighted by Crippen LogP contribution is 2.34. The lowest BCUT2D eigenvalue weighted by molar-refractivity contribution is -0.138. The van der Waals surface area contributed by atoms with Gasteiger partial charge in [0.1, 0.15) is 11.7 Å². The molecule has 20 heavy (non-hydrogen) atoms. The van der Waals surface area contributed by atoms with Crippen molar-refractivity contribution in [1.82, 2.24) is 4.98 Å². The molecule has 0 aromatic carbocycles. The van der Waals surface area contributed by atoms with Gasteiger partial charge < -0.3 is 10.4 Å². The maximum Gasteiger partial charge on any atom is 0.316 e. The van der Waals surface area contributed by atoms with Crippen LogP contribution in [0.5, 0.6) is 0 Å². The smallest absolute Gasteiger partial charge is 0.316 e. The molecule has 0 saturated carbocycles. The van der Waals surface area contributed by atoms with Gasteiger partial charge in [0.05, 0.1) is 6.04 Å². The average molecular weight is 271 g/mol. The SMILES string of the molecule is O=C(O)C1C=NC2=C1C(Nc1ccccn1)CCCC2. The van der Waals surface area contributed by atoms with Crippen molar-refractivity contribution in [3.8, 4) is 0 Å². The van der Waals surface area contributed by atoms with Crippen molar-refractivity contribution in [2.75, 3.05) is 5.32 Å². The number of carbonyl (C=O) groups is 1. The van der Waals surface area contributed by atoms with Gasteiger partial charge in [0, 0.05) is 18.1 Å². The average Bonchev–Trinajstić information content (AvgIpc) is 2.78. The fourth-order valence-corrected chi connectivity index (χ4v) is 2.90. The molecule has 2 heterocycles. The molecule has 2 aliphatic rings. The van der Waals surface area contributed by atoms with Gasteiger partial charge in [-0.2, -0.15) is 0 Å². The van der Waals surface area contributed by atoms with Crippen molar-refractivity contribution in [2.24, 2.45) is 10.9 Å². The van der Waals surface area contributed by atoms with Gasteiger partial charge in [-0.25, -0.2) is 4.98 Å². The highest BCUT2D eigenvalue weighted by molar-refractivity contribution is 5.95. The van der Waals surface area contributed by atoms with E-state index in [2.05, 4.69) is 15.3 Å². The van der Waals surface area contributed by atoms with E-state index in [1.165, 1.54) is 0 Å². The number of carboxylic acid groups (broad SMARTS) is 1. The van der Waals surface area contributed by atoms with Crippen molar-refractivity contribution in [3.63, 3.8) is 0 Å². The number of pyridine rings is 1. The molecule has 1 aliphatic carbocycles. The summed E-state index contributed by atoms with van der Waals surface area (Å²) in [6, 6.07) is 5.69. The fraction of sp³-hybridized carbons (Fsp3) is 0.400. The van der Waals surface area contributed by atoms with E-state index in [-0.39, 0.29) is 6.04 Å². The van der Waals surface area contributed by atoms with Crippen LogP contribution in [0, 0.1) is 5.92 Å². The Balaban J connectivity index is 1.88. The number of rotatable bonds is 3. The number of hydrogen-bond acceptors (Lipinski definition) is 4. The van der Waals surface area contributed by atoms with Gasteiger partial charge in [0.15, 0.2) is 0 Å². The van der Waals surface area contributed by atoms with Gasteiger partial charge in [-0.1, -0.05) is 12.5 Å². The number of aliphatic carboxylic acids is 1. The maximum absolute atomic E-state index is 11.4. The summed E-state index contributed by atoms with van der Waals surface area (Å²) in [5.74, 6) is -0.639. The van der Waals surface area contributed by atoms with Crippen molar-refractivity contribution >= 4 is 18.0 Å². The molecule has 5 heteroatoms. The summed E-state index contributed by atoms with van der Waals surface area (Å²) >= 11 is 0. The quantitative estimate of drug-likeness (QED) is 0.885. The van der Waals surface area contributed by atoms with Crippen LogP contribution in [0.1, 0.15) is 25.7 Å². The number of nitrogens with zero attached hydrogens (tertiary/aromatic N) is 2. The third-order valence-electron chi connectivity index (χ3n) is 3.83. The highest BCUT2D eigenvalue weighted by Gasteiger charge is 2.34. The first-order valence-electron chi connectivity index (χ1n) is 6.93. The Hall–Kier alpha value is -2.17. The number of allylic oxidation sites excluding steroid dienone is 1. The Labute approximate surface area is 117 Å². The molecule has 104 valence electrons. The number of anilines is 1. The molecule has 2 unspecified atom stereocenters. The minimum absolute atomic E-state index is 0.00556. The van der Waals surface area contributed by atoms with Gasteiger partial charge in [0.2, 0.25) is 0 Å². The van der Waals surface area contributed by atoms with E-state index in [1.807, 2.05) is 18.2 Å². The summed E-state index contributed by atoms with van der Waals surface area (Å²) < 4.78 is 0. The second-order valence-electron chi connectivity index (χ2n) is 5.15. The van der Waals surface area contributed by atoms with E-state index in [0.29, 0.717) is 0 Å². The van der Waals surface area contributed by atoms with Crippen LogP contribution < -0.4 is 5.32 Å². The van der Waals surface area contributed by atoms with Crippen molar-refractivity contribution in [3.05, 3.63) is 35.7 Å². The standard InChI is InChI=1S/C15H17N3O2/c19-15(20)10-9-17-11-5-1-2-6-12(14(10)11)18-13-7-3-4-8-16-13/h3-4,7-10,12H,1-2,5-6H2,(H,16,18)(H,19,20). The molecule has 2 atom stereocenters. The number of nitrogens with one attached hydrogen (secondary N) is 1. The monoisotopic (exact) mass is 271 g/mol. The third kappa shape index (κ3) is 2.43. The topological polar surface area (TPSA) is 74.6 Å². The first-order valence-corrected chi connectivity index (χ1v) is 6.93. The zero-order valence-electron chi connectivity index (χ0n) is 11.1. The summed E-state index contributed by atoms with van der Waals surface area (Å²) in [5.41, 5.74) is 1.86. The maximum atomic E-state index is 11.4. The number of aliphatic imine (C=N–C) groups is 1. The molecule has 0 saturated heterocycles. The lowest BCUT2D eigenvalue weighted by atomic mass is 9.92. The van der Waals surface area contributed by atoms with E-state index >= 15 is 0 Å².